The predicted octanol–water partition coefficient (Wildman–Crippen LogP) is 4.91. The maximum Gasteiger partial charge on any atom is 0.274 e. The molecule has 3 heterocycles. The van der Waals surface area contributed by atoms with Crippen molar-refractivity contribution in [2.45, 2.75) is 53.0 Å². The molecule has 1 aliphatic carbocycles. The SMILES string of the molecule is Cc1cc(C(=O)Nc2cccc(-c3nc(CNC(=O)c4noc5c4CCCC5)c(C)o3)c2)c(C)o1. The number of carbonyl (C=O) groups is 2. The van der Waals surface area contributed by atoms with Crippen LogP contribution in [0.25, 0.3) is 11.5 Å². The molecular weight excluding hydrogens is 448 g/mol. The zero-order chi connectivity index (χ0) is 24.5. The first-order valence-electron chi connectivity index (χ1n) is 11.6. The van der Waals surface area contributed by atoms with Gasteiger partial charge in [-0.2, -0.15) is 0 Å². The van der Waals surface area contributed by atoms with E-state index in [9.17, 15) is 9.59 Å². The minimum Gasteiger partial charge on any atom is -0.466 e. The molecule has 0 spiro atoms. The summed E-state index contributed by atoms with van der Waals surface area (Å²) >= 11 is 0. The van der Waals surface area contributed by atoms with E-state index in [0.29, 0.717) is 51.4 Å². The van der Waals surface area contributed by atoms with E-state index in [4.69, 9.17) is 13.4 Å². The fraction of sp³-hybridized carbons (Fsp3) is 0.308. The monoisotopic (exact) mass is 474 g/mol. The molecule has 9 nitrogen and oxygen atoms in total. The standard InChI is InChI=1S/C26H26N4O5/c1-14-11-20(15(2)33-14)24(31)28-18-8-6-7-17(12-18)26-29-21(16(3)34-26)13-27-25(32)23-19-9-4-5-10-22(19)35-30-23/h6-8,11-12H,4-5,9-10,13H2,1-3H3,(H,27,32)(H,28,31). The Hall–Kier alpha value is -4.14. The maximum absolute atomic E-state index is 12.7. The summed E-state index contributed by atoms with van der Waals surface area (Å²) < 4.78 is 16.6. The third-order valence-corrected chi connectivity index (χ3v) is 6.13. The van der Waals surface area contributed by atoms with Crippen molar-refractivity contribution >= 4 is 17.5 Å². The average molecular weight is 475 g/mol. The number of benzene rings is 1. The molecule has 180 valence electrons. The van der Waals surface area contributed by atoms with E-state index in [0.717, 1.165) is 37.0 Å². The molecule has 0 bridgehead atoms. The highest BCUT2D eigenvalue weighted by molar-refractivity contribution is 6.05. The Labute approximate surface area is 201 Å². The van der Waals surface area contributed by atoms with E-state index in [2.05, 4.69) is 20.8 Å². The lowest BCUT2D eigenvalue weighted by Gasteiger charge is -2.09. The summed E-state index contributed by atoms with van der Waals surface area (Å²) in [5.74, 6) is 2.52. The summed E-state index contributed by atoms with van der Waals surface area (Å²) in [6.45, 7) is 5.55. The van der Waals surface area contributed by atoms with E-state index < -0.39 is 0 Å². The van der Waals surface area contributed by atoms with Gasteiger partial charge in [0.25, 0.3) is 11.8 Å². The molecule has 0 fully saturated rings. The van der Waals surface area contributed by atoms with Crippen LogP contribution in [0.1, 0.15) is 68.0 Å². The van der Waals surface area contributed by atoms with E-state index in [-0.39, 0.29) is 18.4 Å². The number of rotatable bonds is 6. The van der Waals surface area contributed by atoms with Crippen LogP contribution in [0.2, 0.25) is 0 Å². The van der Waals surface area contributed by atoms with Crippen LogP contribution in [0.3, 0.4) is 0 Å². The number of anilines is 1. The number of hydrogen-bond donors (Lipinski definition) is 2. The lowest BCUT2D eigenvalue weighted by atomic mass is 9.96. The number of nitrogens with one attached hydrogen (secondary N) is 2. The van der Waals surface area contributed by atoms with Crippen LogP contribution in [0.15, 0.2) is 43.7 Å². The summed E-state index contributed by atoms with van der Waals surface area (Å²) in [5.41, 5.74) is 3.68. The fourth-order valence-electron chi connectivity index (χ4n) is 4.31. The van der Waals surface area contributed by atoms with Crippen molar-refractivity contribution in [3.63, 3.8) is 0 Å². The Balaban J connectivity index is 1.28. The van der Waals surface area contributed by atoms with Gasteiger partial charge in [-0.1, -0.05) is 11.2 Å². The predicted molar refractivity (Wildman–Crippen MR) is 127 cm³/mol. The maximum atomic E-state index is 12.7. The Kier molecular flexibility index (Phi) is 5.98. The highest BCUT2D eigenvalue weighted by Crippen LogP contribution is 2.26. The topological polar surface area (TPSA) is 123 Å². The van der Waals surface area contributed by atoms with Crippen molar-refractivity contribution in [3.05, 3.63) is 75.9 Å². The number of aromatic nitrogens is 2. The molecule has 1 aromatic carbocycles. The highest BCUT2D eigenvalue weighted by Gasteiger charge is 2.24. The minimum atomic E-state index is -0.282. The van der Waals surface area contributed by atoms with Crippen LogP contribution in [-0.2, 0) is 19.4 Å². The van der Waals surface area contributed by atoms with Crippen LogP contribution >= 0.6 is 0 Å². The third kappa shape index (κ3) is 4.62. The van der Waals surface area contributed by atoms with Gasteiger partial charge in [-0.05, 0) is 64.3 Å². The molecule has 0 atom stereocenters. The van der Waals surface area contributed by atoms with Gasteiger partial charge in [0.2, 0.25) is 5.89 Å². The molecule has 0 saturated carbocycles. The van der Waals surface area contributed by atoms with Crippen LogP contribution in [0, 0.1) is 20.8 Å². The van der Waals surface area contributed by atoms with Crippen LogP contribution in [0.5, 0.6) is 0 Å². The van der Waals surface area contributed by atoms with Gasteiger partial charge in [-0.3, -0.25) is 9.59 Å². The van der Waals surface area contributed by atoms with Crippen molar-refractivity contribution in [2.75, 3.05) is 5.32 Å². The number of aryl methyl sites for hydroxylation is 4. The second-order valence-corrected chi connectivity index (χ2v) is 8.71. The second kappa shape index (κ2) is 9.25. The molecule has 5 rings (SSSR count). The number of fused-ring (bicyclic) bond motifs is 1. The van der Waals surface area contributed by atoms with Gasteiger partial charge in [0.05, 0.1) is 12.1 Å². The van der Waals surface area contributed by atoms with Crippen molar-refractivity contribution in [2.24, 2.45) is 0 Å². The molecule has 2 amide bonds. The molecule has 0 radical (unpaired) electrons. The third-order valence-electron chi connectivity index (χ3n) is 6.13. The van der Waals surface area contributed by atoms with Crippen molar-refractivity contribution in [1.29, 1.82) is 0 Å². The normalized spacial score (nSPS) is 12.9. The molecule has 0 saturated heterocycles. The first-order chi connectivity index (χ1) is 16.9. The van der Waals surface area contributed by atoms with Gasteiger partial charge in [0.15, 0.2) is 5.69 Å². The lowest BCUT2D eigenvalue weighted by Crippen LogP contribution is -2.25. The first kappa shape index (κ1) is 22.6. The smallest absolute Gasteiger partial charge is 0.274 e. The van der Waals surface area contributed by atoms with Gasteiger partial charge < -0.3 is 24.0 Å². The van der Waals surface area contributed by atoms with E-state index in [1.807, 2.05) is 12.1 Å². The summed E-state index contributed by atoms with van der Waals surface area (Å²) in [7, 11) is 0. The van der Waals surface area contributed by atoms with Crippen molar-refractivity contribution in [1.82, 2.24) is 15.5 Å². The van der Waals surface area contributed by atoms with Crippen LogP contribution < -0.4 is 10.6 Å². The van der Waals surface area contributed by atoms with Crippen molar-refractivity contribution < 1.29 is 22.9 Å². The van der Waals surface area contributed by atoms with Gasteiger partial charge in [0, 0.05) is 23.2 Å². The van der Waals surface area contributed by atoms with E-state index >= 15 is 0 Å². The zero-order valence-electron chi connectivity index (χ0n) is 19.9. The Morgan fingerprint density at radius 1 is 1.00 bits per heavy atom. The molecule has 0 aliphatic heterocycles. The lowest BCUT2D eigenvalue weighted by molar-refractivity contribution is 0.0939. The molecule has 1 aliphatic rings. The van der Waals surface area contributed by atoms with Crippen LogP contribution in [0.4, 0.5) is 5.69 Å². The zero-order valence-corrected chi connectivity index (χ0v) is 19.9. The quantitative estimate of drug-likeness (QED) is 0.407. The Bertz CT molecular complexity index is 1410. The van der Waals surface area contributed by atoms with E-state index in [1.54, 1.807) is 39.0 Å². The Morgan fingerprint density at radius 2 is 1.83 bits per heavy atom. The van der Waals surface area contributed by atoms with E-state index in [1.165, 1.54) is 0 Å². The number of hydrogen-bond acceptors (Lipinski definition) is 7. The summed E-state index contributed by atoms with van der Waals surface area (Å²) in [6, 6.07) is 8.95. The first-order valence-corrected chi connectivity index (χ1v) is 11.6. The minimum absolute atomic E-state index is 0.200. The van der Waals surface area contributed by atoms with Gasteiger partial charge in [-0.25, -0.2) is 4.98 Å². The van der Waals surface area contributed by atoms with Gasteiger partial charge in [0.1, 0.15) is 28.7 Å². The Morgan fingerprint density at radius 3 is 2.63 bits per heavy atom. The fourth-order valence-corrected chi connectivity index (χ4v) is 4.31. The molecule has 2 N–H and O–H groups in total. The second-order valence-electron chi connectivity index (χ2n) is 8.71. The number of nitrogens with zero attached hydrogens (tertiary/aromatic N) is 2. The highest BCUT2D eigenvalue weighted by atomic mass is 16.5. The molecular formula is C26H26N4O5. The van der Waals surface area contributed by atoms with Crippen LogP contribution in [-0.4, -0.2) is 22.0 Å². The number of amides is 2. The molecule has 9 heteroatoms. The molecule has 4 aromatic rings. The molecule has 0 unspecified atom stereocenters. The van der Waals surface area contributed by atoms with Gasteiger partial charge >= 0.3 is 0 Å². The summed E-state index contributed by atoms with van der Waals surface area (Å²) in [5, 5.41) is 9.73. The number of furan rings is 1. The number of carbonyl (C=O) groups excluding carboxylic acids is 2. The largest absolute Gasteiger partial charge is 0.466 e. The molecule has 35 heavy (non-hydrogen) atoms. The molecule has 3 aromatic heterocycles. The number of oxazole rings is 1. The van der Waals surface area contributed by atoms with Crippen molar-refractivity contribution in [3.8, 4) is 11.5 Å². The average Bonchev–Trinajstić information content (AvgIpc) is 3.54. The summed E-state index contributed by atoms with van der Waals surface area (Å²) in [4.78, 5) is 29.9. The van der Waals surface area contributed by atoms with Gasteiger partial charge in [-0.15, -0.1) is 0 Å². The summed E-state index contributed by atoms with van der Waals surface area (Å²) in [6.07, 6.45) is 3.71.